The molecule has 0 aromatic heterocycles. The first kappa shape index (κ1) is 37.5. The third kappa shape index (κ3) is 13.1. The van der Waals surface area contributed by atoms with E-state index in [4.69, 9.17) is 4.74 Å². The quantitative estimate of drug-likeness (QED) is 0.117. The number of aliphatic hydroxyl groups excluding tert-OH is 1. The molecule has 0 unspecified atom stereocenters. The molecule has 3 amide bonds. The summed E-state index contributed by atoms with van der Waals surface area (Å²) in [6.07, 6.45) is 6.89. The number of carbonyl (C=O) groups is 3. The molecule has 0 heterocycles. The fourth-order valence-corrected chi connectivity index (χ4v) is 5.41. The molecule has 5 atom stereocenters. The lowest BCUT2D eigenvalue weighted by atomic mass is 9.93. The van der Waals surface area contributed by atoms with Gasteiger partial charge in [-0.25, -0.2) is 4.79 Å². The van der Waals surface area contributed by atoms with Gasteiger partial charge in [0.15, 0.2) is 0 Å². The highest BCUT2D eigenvalue weighted by molar-refractivity contribution is 5.89. The second-order valence-corrected chi connectivity index (χ2v) is 12.3. The lowest BCUT2D eigenvalue weighted by Crippen LogP contribution is -2.57. The first-order chi connectivity index (χ1) is 21.6. The number of ether oxygens (including phenoxy) is 1. The zero-order valence-electron chi connectivity index (χ0n) is 27.9. The Labute approximate surface area is 270 Å². The average Bonchev–Trinajstić information content (AvgIpc) is 3.04. The third-order valence-electron chi connectivity index (χ3n) is 8.37. The van der Waals surface area contributed by atoms with Gasteiger partial charge in [0, 0.05) is 13.1 Å². The summed E-state index contributed by atoms with van der Waals surface area (Å²) in [7, 11) is 1.68. The van der Waals surface area contributed by atoms with Crippen molar-refractivity contribution >= 4 is 17.9 Å². The minimum atomic E-state index is -0.817. The van der Waals surface area contributed by atoms with E-state index in [9.17, 15) is 19.5 Å². The van der Waals surface area contributed by atoms with Crippen LogP contribution in [0, 0.1) is 11.8 Å². The van der Waals surface area contributed by atoms with Crippen molar-refractivity contribution < 1.29 is 24.2 Å². The van der Waals surface area contributed by atoms with Crippen LogP contribution in [0.25, 0.3) is 0 Å². The molecular formula is C37H55N3O5. The molecule has 0 fully saturated rings. The number of aliphatic hydroxyl groups is 1. The second-order valence-electron chi connectivity index (χ2n) is 12.3. The molecule has 0 aliphatic heterocycles. The number of alkyl carbamates (subject to hydrolysis) is 1. The van der Waals surface area contributed by atoms with Crippen molar-refractivity contribution in [3.63, 3.8) is 0 Å². The van der Waals surface area contributed by atoms with Crippen LogP contribution in [0.2, 0.25) is 0 Å². The zero-order valence-corrected chi connectivity index (χ0v) is 27.9. The van der Waals surface area contributed by atoms with Crippen LogP contribution < -0.4 is 10.6 Å². The van der Waals surface area contributed by atoms with Crippen LogP contribution in [0.3, 0.4) is 0 Å². The van der Waals surface area contributed by atoms with Gasteiger partial charge in [0.2, 0.25) is 11.8 Å². The predicted molar refractivity (Wildman–Crippen MR) is 180 cm³/mol. The molecule has 8 nitrogen and oxygen atoms in total. The lowest BCUT2D eigenvalue weighted by Gasteiger charge is -2.36. The molecule has 45 heavy (non-hydrogen) atoms. The molecule has 3 N–H and O–H groups in total. The van der Waals surface area contributed by atoms with Gasteiger partial charge in [-0.1, -0.05) is 127 Å². The Balaban J connectivity index is 2.16. The number of rotatable bonds is 20. The molecule has 2 rings (SSSR count). The molecule has 0 saturated carbocycles. The molecule has 8 heteroatoms. The summed E-state index contributed by atoms with van der Waals surface area (Å²) in [5.41, 5.74) is 1.87. The normalized spacial score (nSPS) is 14.5. The summed E-state index contributed by atoms with van der Waals surface area (Å²) in [4.78, 5) is 41.9. The molecule has 0 spiro atoms. The number of likely N-dealkylation sites (N-methyl/N-ethyl adjacent to an activating group) is 1. The Morgan fingerprint density at radius 2 is 1.51 bits per heavy atom. The molecule has 0 aliphatic rings. The highest BCUT2D eigenvalue weighted by Gasteiger charge is 2.35. The minimum Gasteiger partial charge on any atom is -0.445 e. The van der Waals surface area contributed by atoms with Crippen LogP contribution in [0.4, 0.5) is 4.79 Å². The predicted octanol–water partition coefficient (Wildman–Crippen LogP) is 6.43. The van der Waals surface area contributed by atoms with Gasteiger partial charge in [-0.05, 0) is 36.3 Å². The molecule has 2 aromatic carbocycles. The number of unbranched alkanes of at least 4 members (excludes halogenated alkanes) is 4. The monoisotopic (exact) mass is 621 g/mol. The van der Waals surface area contributed by atoms with E-state index in [2.05, 4.69) is 24.1 Å². The van der Waals surface area contributed by atoms with Crippen molar-refractivity contribution in [1.82, 2.24) is 15.5 Å². The number of hydrogen-bond acceptors (Lipinski definition) is 5. The van der Waals surface area contributed by atoms with Crippen LogP contribution in [-0.2, 0) is 27.4 Å². The van der Waals surface area contributed by atoms with Gasteiger partial charge < -0.3 is 25.4 Å². The molecule has 248 valence electrons. The van der Waals surface area contributed by atoms with E-state index in [-0.39, 0.29) is 24.3 Å². The van der Waals surface area contributed by atoms with Gasteiger partial charge in [0.05, 0.1) is 18.1 Å². The summed E-state index contributed by atoms with van der Waals surface area (Å²) in [6, 6.07) is 17.4. The Hall–Kier alpha value is -3.65. The largest absolute Gasteiger partial charge is 0.445 e. The summed E-state index contributed by atoms with van der Waals surface area (Å²) in [5.74, 6) is -1.41. The first-order valence-corrected chi connectivity index (χ1v) is 16.5. The maximum atomic E-state index is 13.9. The molecular weight excluding hydrogens is 566 g/mol. The zero-order chi connectivity index (χ0) is 33.2. The molecule has 0 saturated heterocycles. The maximum absolute atomic E-state index is 13.9. The van der Waals surface area contributed by atoms with Gasteiger partial charge in [0.1, 0.15) is 12.6 Å². The van der Waals surface area contributed by atoms with Gasteiger partial charge in [0.25, 0.3) is 0 Å². The van der Waals surface area contributed by atoms with Crippen LogP contribution in [-0.4, -0.2) is 59.2 Å². The summed E-state index contributed by atoms with van der Waals surface area (Å²) < 4.78 is 5.47. The van der Waals surface area contributed by atoms with Crippen LogP contribution in [0.1, 0.15) is 83.8 Å². The van der Waals surface area contributed by atoms with E-state index in [1.54, 1.807) is 24.9 Å². The number of amides is 3. The number of benzene rings is 2. The number of carbonyl (C=O) groups excluding carboxylic acids is 3. The topological polar surface area (TPSA) is 108 Å². The van der Waals surface area contributed by atoms with Crippen molar-refractivity contribution in [3.05, 3.63) is 84.4 Å². The van der Waals surface area contributed by atoms with E-state index >= 15 is 0 Å². The van der Waals surface area contributed by atoms with Crippen LogP contribution in [0.15, 0.2) is 73.3 Å². The summed E-state index contributed by atoms with van der Waals surface area (Å²) in [6.45, 7) is 11.6. The molecule has 0 radical (unpaired) electrons. The Bertz CT molecular complexity index is 1160. The molecule has 0 aliphatic carbocycles. The first-order valence-electron chi connectivity index (χ1n) is 16.5. The van der Waals surface area contributed by atoms with Crippen molar-refractivity contribution in [2.24, 2.45) is 11.8 Å². The number of hydrogen-bond donors (Lipinski definition) is 3. The minimum absolute atomic E-state index is 0.134. The third-order valence-corrected chi connectivity index (χ3v) is 8.37. The Morgan fingerprint density at radius 3 is 2.09 bits per heavy atom. The summed E-state index contributed by atoms with van der Waals surface area (Å²) >= 11 is 0. The van der Waals surface area contributed by atoms with Crippen LogP contribution in [0.5, 0.6) is 0 Å². The molecule has 2 aromatic rings. The molecule has 0 bridgehead atoms. The fraction of sp³-hybridized carbons (Fsp3) is 0.541. The van der Waals surface area contributed by atoms with Gasteiger partial charge in [-0.2, -0.15) is 0 Å². The number of nitrogens with one attached hydrogen (secondary N) is 2. The highest BCUT2D eigenvalue weighted by atomic mass is 16.5. The van der Waals surface area contributed by atoms with E-state index in [1.165, 1.54) is 0 Å². The van der Waals surface area contributed by atoms with E-state index in [0.717, 1.165) is 43.2 Å². The van der Waals surface area contributed by atoms with Crippen molar-refractivity contribution in [1.29, 1.82) is 0 Å². The van der Waals surface area contributed by atoms with Crippen molar-refractivity contribution in [3.8, 4) is 0 Å². The van der Waals surface area contributed by atoms with E-state index < -0.39 is 36.2 Å². The SMILES string of the molecule is C=CC[C@@H](O)[C@H](Cc1ccccc1)N(C)C(=O)[C@@H](NC(=O)[C@@H](C)[C@@H](CCCCCCC)NC(=O)OCc1ccccc1)C(C)C. The standard InChI is InChI=1S/C37H55N3O5/c1-7-9-10-11-18-24-31(38-37(44)45-26-30-22-16-13-17-23-30)28(5)35(42)39-34(27(3)4)36(43)40(6)32(33(41)19-8-2)25-29-20-14-12-15-21-29/h8,12-17,20-23,27-28,31-34,41H,2,7,9-11,18-19,24-26H2,1,3-6H3,(H,38,44)(H,39,42)/t28-,31+,32-,33+,34-/m0/s1. The maximum Gasteiger partial charge on any atom is 0.407 e. The second kappa shape index (κ2) is 20.4. The van der Waals surface area contributed by atoms with Crippen molar-refractivity contribution in [2.45, 2.75) is 110 Å². The van der Waals surface area contributed by atoms with E-state index in [1.807, 2.05) is 74.5 Å². The van der Waals surface area contributed by atoms with Crippen LogP contribution >= 0.6 is 0 Å². The van der Waals surface area contributed by atoms with Gasteiger partial charge >= 0.3 is 6.09 Å². The highest BCUT2D eigenvalue weighted by Crippen LogP contribution is 2.19. The van der Waals surface area contributed by atoms with Gasteiger partial charge in [-0.3, -0.25) is 9.59 Å². The average molecular weight is 622 g/mol. The lowest BCUT2D eigenvalue weighted by molar-refractivity contribution is -0.141. The summed E-state index contributed by atoms with van der Waals surface area (Å²) in [5, 5.41) is 16.9. The van der Waals surface area contributed by atoms with E-state index in [0.29, 0.717) is 19.3 Å². The smallest absolute Gasteiger partial charge is 0.407 e. The van der Waals surface area contributed by atoms with Crippen molar-refractivity contribution in [2.75, 3.05) is 7.05 Å². The van der Waals surface area contributed by atoms with Gasteiger partial charge in [-0.15, -0.1) is 6.58 Å². The fourth-order valence-electron chi connectivity index (χ4n) is 5.41. The Kier molecular flexibility index (Phi) is 17.0. The number of nitrogens with zero attached hydrogens (tertiary/aromatic N) is 1. The Morgan fingerprint density at radius 1 is 0.911 bits per heavy atom.